The summed E-state index contributed by atoms with van der Waals surface area (Å²) >= 11 is 0. The first kappa shape index (κ1) is 20.1. The first-order valence-corrected chi connectivity index (χ1v) is 9.74. The fraction of sp³-hybridized carbons (Fsp3) is 0.208. The van der Waals surface area contributed by atoms with Gasteiger partial charge in [0, 0.05) is 23.4 Å². The Morgan fingerprint density at radius 3 is 2.52 bits per heavy atom. The third-order valence-electron chi connectivity index (χ3n) is 4.49. The Hall–Kier alpha value is -3.65. The second kappa shape index (κ2) is 10.0. The Kier molecular flexibility index (Phi) is 6.96. The number of nitriles is 1. The number of aromatic nitrogens is 2. The summed E-state index contributed by atoms with van der Waals surface area (Å²) in [5, 5.41) is 16.6. The summed E-state index contributed by atoms with van der Waals surface area (Å²) < 4.78 is 1.88. The van der Waals surface area contributed by atoms with Crippen LogP contribution in [0.5, 0.6) is 0 Å². The highest BCUT2D eigenvalue weighted by Crippen LogP contribution is 2.23. The number of carbonyl (C=O) groups is 1. The van der Waals surface area contributed by atoms with Crippen molar-refractivity contribution in [1.29, 1.82) is 5.26 Å². The van der Waals surface area contributed by atoms with Gasteiger partial charge in [0.15, 0.2) is 0 Å². The molecular weight excluding hydrogens is 360 g/mol. The molecule has 5 heteroatoms. The van der Waals surface area contributed by atoms with Gasteiger partial charge >= 0.3 is 0 Å². The normalized spacial score (nSPS) is 11.9. The molecule has 3 rings (SSSR count). The standard InChI is InChI=1S/C24H24N4O/c1-2-9-22(16-25)26-23(29)15-14-21-18-28(17-19-10-5-3-6-11-19)27-24(21)20-12-7-4-8-13-20/h3-8,10-15,18,22H,2,9,17H2,1H3,(H,26,29)/b15-14+/t22-/m0/s1. The molecule has 1 N–H and O–H groups in total. The minimum atomic E-state index is -0.466. The van der Waals surface area contributed by atoms with Crippen LogP contribution in [0.2, 0.25) is 0 Å². The van der Waals surface area contributed by atoms with Gasteiger partial charge in [-0.15, -0.1) is 0 Å². The van der Waals surface area contributed by atoms with E-state index >= 15 is 0 Å². The summed E-state index contributed by atoms with van der Waals surface area (Å²) in [5.74, 6) is -0.278. The van der Waals surface area contributed by atoms with Crippen LogP contribution in [-0.4, -0.2) is 21.7 Å². The van der Waals surface area contributed by atoms with E-state index in [2.05, 4.69) is 23.5 Å². The van der Waals surface area contributed by atoms with Gasteiger partial charge < -0.3 is 5.32 Å². The number of carbonyl (C=O) groups excluding carboxylic acids is 1. The minimum Gasteiger partial charge on any atom is -0.337 e. The molecule has 29 heavy (non-hydrogen) atoms. The molecule has 1 atom stereocenters. The molecule has 0 unspecified atom stereocenters. The number of benzene rings is 2. The molecule has 1 heterocycles. The van der Waals surface area contributed by atoms with E-state index in [0.29, 0.717) is 13.0 Å². The maximum Gasteiger partial charge on any atom is 0.245 e. The fourth-order valence-corrected chi connectivity index (χ4v) is 3.07. The molecule has 3 aromatic rings. The van der Waals surface area contributed by atoms with E-state index in [1.165, 1.54) is 6.08 Å². The van der Waals surface area contributed by atoms with Gasteiger partial charge in [-0.2, -0.15) is 10.4 Å². The zero-order valence-corrected chi connectivity index (χ0v) is 16.5. The van der Waals surface area contributed by atoms with Gasteiger partial charge in [0.25, 0.3) is 0 Å². The average Bonchev–Trinajstić information content (AvgIpc) is 3.16. The van der Waals surface area contributed by atoms with Crippen LogP contribution in [0.4, 0.5) is 0 Å². The molecule has 0 saturated carbocycles. The van der Waals surface area contributed by atoms with Gasteiger partial charge in [0.05, 0.1) is 18.3 Å². The van der Waals surface area contributed by atoms with Gasteiger partial charge in [-0.1, -0.05) is 74.0 Å². The molecule has 0 radical (unpaired) electrons. The zero-order valence-electron chi connectivity index (χ0n) is 16.5. The summed E-state index contributed by atoms with van der Waals surface area (Å²) in [5.41, 5.74) is 3.81. The fourth-order valence-electron chi connectivity index (χ4n) is 3.07. The molecule has 5 nitrogen and oxygen atoms in total. The lowest BCUT2D eigenvalue weighted by Gasteiger charge is -2.07. The maximum absolute atomic E-state index is 12.2. The molecular formula is C24H24N4O. The van der Waals surface area contributed by atoms with Gasteiger partial charge in [-0.25, -0.2) is 0 Å². The molecule has 0 bridgehead atoms. The molecule has 0 aliphatic carbocycles. The molecule has 2 aromatic carbocycles. The number of amides is 1. The Morgan fingerprint density at radius 2 is 1.86 bits per heavy atom. The summed E-state index contributed by atoms with van der Waals surface area (Å²) in [4.78, 5) is 12.2. The molecule has 0 aliphatic rings. The molecule has 146 valence electrons. The topological polar surface area (TPSA) is 70.7 Å². The largest absolute Gasteiger partial charge is 0.337 e. The van der Waals surface area contributed by atoms with E-state index in [-0.39, 0.29) is 5.91 Å². The average molecular weight is 384 g/mol. The summed E-state index contributed by atoms with van der Waals surface area (Å²) in [7, 11) is 0. The van der Waals surface area contributed by atoms with E-state index < -0.39 is 6.04 Å². The highest BCUT2D eigenvalue weighted by Gasteiger charge is 2.11. The lowest BCUT2D eigenvalue weighted by atomic mass is 10.1. The van der Waals surface area contributed by atoms with E-state index in [1.54, 1.807) is 6.08 Å². The highest BCUT2D eigenvalue weighted by molar-refractivity contribution is 5.93. The number of nitrogens with zero attached hydrogens (tertiary/aromatic N) is 3. The van der Waals surface area contributed by atoms with Crippen LogP contribution >= 0.6 is 0 Å². The first-order chi connectivity index (χ1) is 14.2. The van der Waals surface area contributed by atoms with Crippen molar-refractivity contribution < 1.29 is 4.79 Å². The van der Waals surface area contributed by atoms with Gasteiger partial charge in [0.2, 0.25) is 5.91 Å². The van der Waals surface area contributed by atoms with Gasteiger partial charge in [-0.05, 0) is 18.1 Å². The van der Waals surface area contributed by atoms with Crippen LogP contribution in [0.25, 0.3) is 17.3 Å². The van der Waals surface area contributed by atoms with Gasteiger partial charge in [0.1, 0.15) is 6.04 Å². The molecule has 0 saturated heterocycles. The lowest BCUT2D eigenvalue weighted by Crippen LogP contribution is -2.32. The summed E-state index contributed by atoms with van der Waals surface area (Å²) in [6.45, 7) is 2.63. The van der Waals surface area contributed by atoms with Crippen molar-refractivity contribution in [2.45, 2.75) is 32.4 Å². The third kappa shape index (κ3) is 5.66. The molecule has 0 fully saturated rings. The Balaban J connectivity index is 1.84. The van der Waals surface area contributed by atoms with Crippen LogP contribution in [0, 0.1) is 11.3 Å². The predicted molar refractivity (Wildman–Crippen MR) is 115 cm³/mol. The zero-order chi connectivity index (χ0) is 20.5. The number of nitrogens with one attached hydrogen (secondary N) is 1. The monoisotopic (exact) mass is 384 g/mol. The Labute approximate surface area is 171 Å². The van der Waals surface area contributed by atoms with Crippen molar-refractivity contribution in [3.05, 3.63) is 84.1 Å². The third-order valence-corrected chi connectivity index (χ3v) is 4.49. The molecule has 1 aromatic heterocycles. The van der Waals surface area contributed by atoms with E-state index in [0.717, 1.165) is 28.8 Å². The van der Waals surface area contributed by atoms with Crippen LogP contribution in [-0.2, 0) is 11.3 Å². The second-order valence-corrected chi connectivity index (χ2v) is 6.79. The smallest absolute Gasteiger partial charge is 0.245 e. The van der Waals surface area contributed by atoms with Crippen molar-refractivity contribution in [1.82, 2.24) is 15.1 Å². The lowest BCUT2D eigenvalue weighted by molar-refractivity contribution is -0.116. The van der Waals surface area contributed by atoms with Crippen LogP contribution < -0.4 is 5.32 Å². The van der Waals surface area contributed by atoms with Crippen molar-refractivity contribution >= 4 is 12.0 Å². The molecule has 1 amide bonds. The van der Waals surface area contributed by atoms with Crippen molar-refractivity contribution in [2.75, 3.05) is 0 Å². The van der Waals surface area contributed by atoms with E-state index in [1.807, 2.05) is 66.3 Å². The summed E-state index contributed by atoms with van der Waals surface area (Å²) in [6, 6.07) is 21.7. The number of hydrogen-bond acceptors (Lipinski definition) is 3. The first-order valence-electron chi connectivity index (χ1n) is 9.74. The van der Waals surface area contributed by atoms with Crippen molar-refractivity contribution in [3.8, 4) is 17.3 Å². The second-order valence-electron chi connectivity index (χ2n) is 6.79. The quantitative estimate of drug-likeness (QED) is 0.585. The SMILES string of the molecule is CCC[C@@H](C#N)NC(=O)/C=C/c1cn(Cc2ccccc2)nc1-c1ccccc1. The predicted octanol–water partition coefficient (Wildman–Crippen LogP) is 4.42. The maximum atomic E-state index is 12.2. The highest BCUT2D eigenvalue weighted by atomic mass is 16.1. The summed E-state index contributed by atoms with van der Waals surface area (Å²) in [6.07, 6.45) is 6.64. The van der Waals surface area contributed by atoms with E-state index in [9.17, 15) is 4.79 Å². The van der Waals surface area contributed by atoms with Crippen molar-refractivity contribution in [2.24, 2.45) is 0 Å². The number of rotatable bonds is 8. The Morgan fingerprint density at radius 1 is 1.17 bits per heavy atom. The Bertz CT molecular complexity index is 1000. The minimum absolute atomic E-state index is 0.278. The van der Waals surface area contributed by atoms with Crippen LogP contribution in [0.3, 0.4) is 0 Å². The van der Waals surface area contributed by atoms with Crippen LogP contribution in [0.1, 0.15) is 30.9 Å². The van der Waals surface area contributed by atoms with Crippen molar-refractivity contribution in [3.63, 3.8) is 0 Å². The van der Waals surface area contributed by atoms with Gasteiger partial charge in [-0.3, -0.25) is 9.48 Å². The molecule has 0 spiro atoms. The van der Waals surface area contributed by atoms with E-state index in [4.69, 9.17) is 10.4 Å². The number of hydrogen-bond donors (Lipinski definition) is 1. The van der Waals surface area contributed by atoms with Crippen LogP contribution in [0.15, 0.2) is 72.9 Å². The molecule has 0 aliphatic heterocycles.